The van der Waals surface area contributed by atoms with Crippen molar-refractivity contribution in [3.63, 3.8) is 0 Å². The minimum atomic E-state index is -2.94. The number of hydrogen-bond acceptors (Lipinski definition) is 5. The first-order chi connectivity index (χ1) is 20.0. The third kappa shape index (κ3) is 6.24. The van der Waals surface area contributed by atoms with Crippen LogP contribution in [-0.2, 0) is 16.1 Å². The first-order valence-corrected chi connectivity index (χ1v) is 13.6. The number of carbonyl (C=O) groups excluding carboxylic acids is 4. The number of nitrogens with one attached hydrogen (secondary N) is 2. The van der Waals surface area contributed by atoms with Gasteiger partial charge >= 0.3 is 6.03 Å². The summed E-state index contributed by atoms with van der Waals surface area (Å²) in [4.78, 5) is 58.3. The summed E-state index contributed by atoms with van der Waals surface area (Å²) < 4.78 is 29.1. The number of piperidine rings is 1. The van der Waals surface area contributed by atoms with Crippen molar-refractivity contribution in [3.05, 3.63) is 66.0 Å². The zero-order valence-corrected chi connectivity index (χ0v) is 23.0. The molecule has 13 heteroatoms. The van der Waals surface area contributed by atoms with Crippen LogP contribution in [0.2, 0.25) is 0 Å². The average molecular weight is 580 g/mol. The van der Waals surface area contributed by atoms with E-state index in [1.165, 1.54) is 17.2 Å². The lowest BCUT2D eigenvalue weighted by molar-refractivity contribution is -0.138. The highest BCUT2D eigenvalue weighted by molar-refractivity contribution is 6.08. The summed E-state index contributed by atoms with van der Waals surface area (Å²) >= 11 is 0. The number of urea groups is 1. The Morgan fingerprint density at radius 3 is 2.67 bits per heavy atom. The Hall–Kier alpha value is -4.81. The topological polar surface area (TPSA) is 143 Å². The van der Waals surface area contributed by atoms with E-state index in [1.807, 2.05) is 25.1 Å². The molecular formula is C29H31F2N7O4. The number of amides is 5. The Morgan fingerprint density at radius 2 is 1.93 bits per heavy atom. The van der Waals surface area contributed by atoms with Crippen molar-refractivity contribution in [2.75, 3.05) is 30.3 Å². The van der Waals surface area contributed by atoms with Gasteiger partial charge in [0.05, 0.1) is 12.1 Å². The molecule has 5 rings (SSSR count). The number of benzene rings is 1. The van der Waals surface area contributed by atoms with Crippen LogP contribution in [0.15, 0.2) is 54.7 Å². The summed E-state index contributed by atoms with van der Waals surface area (Å²) in [6.45, 7) is 1.40. The fourth-order valence-electron chi connectivity index (χ4n) is 5.29. The molecule has 0 spiro atoms. The average Bonchev–Trinajstić information content (AvgIpc) is 3.30. The van der Waals surface area contributed by atoms with Gasteiger partial charge in [-0.25, -0.2) is 18.6 Å². The number of aromatic nitrogens is 2. The molecule has 1 aromatic carbocycles. The molecule has 0 unspecified atom stereocenters. The smallest absolute Gasteiger partial charge is 0.322 e. The highest BCUT2D eigenvalue weighted by Crippen LogP contribution is 2.29. The number of halogens is 2. The zero-order chi connectivity index (χ0) is 30.0. The van der Waals surface area contributed by atoms with Crippen LogP contribution in [0.4, 0.5) is 25.1 Å². The predicted octanol–water partition coefficient (Wildman–Crippen LogP) is 3.50. The maximum atomic E-state index is 13.8. The highest BCUT2D eigenvalue weighted by Gasteiger charge is 2.37. The minimum absolute atomic E-state index is 0.122. The van der Waals surface area contributed by atoms with Crippen LogP contribution in [0.3, 0.4) is 0 Å². The Bertz CT molecular complexity index is 1590. The van der Waals surface area contributed by atoms with Crippen molar-refractivity contribution in [2.45, 2.75) is 44.7 Å². The summed E-state index contributed by atoms with van der Waals surface area (Å²) in [7, 11) is 0. The van der Waals surface area contributed by atoms with Crippen molar-refractivity contribution in [3.8, 4) is 0 Å². The molecule has 11 nitrogen and oxygen atoms in total. The van der Waals surface area contributed by atoms with Gasteiger partial charge in [-0.05, 0) is 50.1 Å². The molecule has 5 amide bonds. The number of aryl methyl sites for hydroxylation is 1. The van der Waals surface area contributed by atoms with E-state index in [2.05, 4.69) is 15.6 Å². The molecule has 1 fully saturated rings. The van der Waals surface area contributed by atoms with Gasteiger partial charge in [-0.1, -0.05) is 18.2 Å². The second kappa shape index (κ2) is 11.6. The summed E-state index contributed by atoms with van der Waals surface area (Å²) in [5, 5.41) is 5.77. The number of likely N-dealkylation sites (tertiary alicyclic amines) is 1. The van der Waals surface area contributed by atoms with E-state index in [0.29, 0.717) is 23.1 Å². The van der Waals surface area contributed by atoms with Gasteiger partial charge in [0, 0.05) is 48.0 Å². The lowest BCUT2D eigenvalue weighted by atomic mass is 10.1. The van der Waals surface area contributed by atoms with E-state index >= 15 is 0 Å². The molecule has 0 aliphatic carbocycles. The molecule has 220 valence electrons. The third-order valence-electron chi connectivity index (χ3n) is 7.35. The molecule has 2 aliphatic heterocycles. The van der Waals surface area contributed by atoms with Crippen LogP contribution >= 0.6 is 0 Å². The van der Waals surface area contributed by atoms with Gasteiger partial charge in [0.25, 0.3) is 11.8 Å². The maximum absolute atomic E-state index is 13.8. The Kier molecular flexibility index (Phi) is 7.92. The van der Waals surface area contributed by atoms with Crippen LogP contribution in [0.5, 0.6) is 0 Å². The number of fused-ring (bicyclic) bond motifs is 1. The van der Waals surface area contributed by atoms with Crippen LogP contribution in [0.25, 0.3) is 10.9 Å². The minimum Gasteiger partial charge on any atom is -0.366 e. The molecule has 3 aromatic rings. The first kappa shape index (κ1) is 28.7. The number of primary amides is 1. The Balaban J connectivity index is 1.34. The van der Waals surface area contributed by atoms with Crippen molar-refractivity contribution in [1.82, 2.24) is 19.4 Å². The number of nitrogens with zero attached hydrogens (tertiary/aromatic N) is 4. The number of pyridine rings is 1. The summed E-state index contributed by atoms with van der Waals surface area (Å²) in [6.07, 6.45) is 5.36. The molecular weight excluding hydrogens is 548 g/mol. The van der Waals surface area contributed by atoms with Crippen molar-refractivity contribution >= 4 is 46.2 Å². The monoisotopic (exact) mass is 579 g/mol. The fraction of sp³-hybridized carbons (Fsp3) is 0.345. The molecule has 42 heavy (non-hydrogen) atoms. The van der Waals surface area contributed by atoms with E-state index in [-0.39, 0.29) is 55.5 Å². The quantitative estimate of drug-likeness (QED) is 0.383. The van der Waals surface area contributed by atoms with Crippen LogP contribution in [0, 0.1) is 6.92 Å². The van der Waals surface area contributed by atoms with Crippen molar-refractivity contribution in [2.24, 2.45) is 5.73 Å². The number of carbonyl (C=O) groups is 4. The number of nitrogens with two attached hydrogens (primary N) is 1. The maximum Gasteiger partial charge on any atom is 0.322 e. The first-order valence-electron chi connectivity index (χ1n) is 13.6. The van der Waals surface area contributed by atoms with Crippen molar-refractivity contribution < 1.29 is 28.0 Å². The standard InChI is InChI=1S/C29H31F2N7O4/c1-18-6-4-8-24(33-18)35-27(41)23-7-2-3-13-38(23)25(39)16-37-15-21(26(32)40)20-14-19(9-10-22(20)37)34-28(42)36-12-5-11-29(30,31)17-36/h2-4,6,8-10,14-15,23H,5,7,11-13,16-17H2,1H3,(H2,32,40)(H,34,42)(H,33,35,41)/t23-/m0/s1. The van der Waals surface area contributed by atoms with E-state index in [4.69, 9.17) is 5.73 Å². The number of rotatable bonds is 6. The van der Waals surface area contributed by atoms with Gasteiger partial charge < -0.3 is 30.7 Å². The van der Waals surface area contributed by atoms with Gasteiger partial charge in [-0.15, -0.1) is 0 Å². The van der Waals surface area contributed by atoms with E-state index in [0.717, 1.165) is 10.6 Å². The SMILES string of the molecule is Cc1cccc(NC(=O)[C@@H]2CC=CCN2C(=O)Cn2cc(C(N)=O)c3cc(NC(=O)N4CCCC(F)(F)C4)ccc32)n1. The molecule has 1 atom stereocenters. The second-order valence-electron chi connectivity index (χ2n) is 10.5. The van der Waals surface area contributed by atoms with Gasteiger partial charge in [0.2, 0.25) is 11.8 Å². The largest absolute Gasteiger partial charge is 0.366 e. The van der Waals surface area contributed by atoms with Gasteiger partial charge in [0.15, 0.2) is 0 Å². The Labute approximate surface area is 240 Å². The van der Waals surface area contributed by atoms with E-state index < -0.39 is 30.4 Å². The second-order valence-corrected chi connectivity index (χ2v) is 10.5. The summed E-state index contributed by atoms with van der Waals surface area (Å²) in [5.74, 6) is -4.01. The molecule has 4 heterocycles. The highest BCUT2D eigenvalue weighted by atomic mass is 19.3. The number of alkyl halides is 2. The van der Waals surface area contributed by atoms with Crippen molar-refractivity contribution in [1.29, 1.82) is 0 Å². The number of anilines is 2. The van der Waals surface area contributed by atoms with Gasteiger partial charge in [-0.3, -0.25) is 14.4 Å². The molecule has 2 aromatic heterocycles. The van der Waals surface area contributed by atoms with E-state index in [9.17, 15) is 28.0 Å². The van der Waals surface area contributed by atoms with Gasteiger partial charge in [-0.2, -0.15) is 0 Å². The van der Waals surface area contributed by atoms with Crippen LogP contribution in [0.1, 0.15) is 35.3 Å². The molecule has 1 saturated heterocycles. The normalized spacial score (nSPS) is 18.1. The lowest BCUT2D eigenvalue weighted by Crippen LogP contribution is -2.49. The number of hydrogen-bond donors (Lipinski definition) is 3. The van der Waals surface area contributed by atoms with Crippen LogP contribution < -0.4 is 16.4 Å². The predicted molar refractivity (Wildman–Crippen MR) is 152 cm³/mol. The zero-order valence-electron chi connectivity index (χ0n) is 23.0. The third-order valence-corrected chi connectivity index (χ3v) is 7.35. The molecule has 0 saturated carbocycles. The summed E-state index contributed by atoms with van der Waals surface area (Å²) in [5.41, 5.74) is 7.26. The summed E-state index contributed by atoms with van der Waals surface area (Å²) in [6, 6.07) is 8.51. The van der Waals surface area contributed by atoms with Gasteiger partial charge in [0.1, 0.15) is 18.4 Å². The molecule has 2 aliphatic rings. The molecule has 4 N–H and O–H groups in total. The van der Waals surface area contributed by atoms with E-state index in [1.54, 1.807) is 28.8 Å². The molecule has 0 bridgehead atoms. The Morgan fingerprint density at radius 1 is 1.12 bits per heavy atom. The van der Waals surface area contributed by atoms with Crippen LogP contribution in [-0.4, -0.2) is 74.7 Å². The lowest BCUT2D eigenvalue weighted by Gasteiger charge is -2.32. The fourth-order valence-corrected chi connectivity index (χ4v) is 5.29. The molecule has 0 radical (unpaired) electrons.